The minimum atomic E-state index is 0.809. The Labute approximate surface area is 58.3 Å². The quantitative estimate of drug-likeness (QED) is 0.530. The smallest absolute Gasteiger partial charge is 0.0812 e. The van der Waals surface area contributed by atoms with E-state index in [0.717, 1.165) is 19.6 Å². The maximum Gasteiger partial charge on any atom is 0.0812 e. The Morgan fingerprint density at radius 2 is 2.67 bits per heavy atom. The van der Waals surface area contributed by atoms with Gasteiger partial charge in [-0.25, -0.2) is 0 Å². The molecule has 0 aromatic carbocycles. The maximum atomic E-state index is 5.24. The third kappa shape index (κ3) is 0.884. The van der Waals surface area contributed by atoms with Gasteiger partial charge in [-0.3, -0.25) is 0 Å². The zero-order valence-corrected chi connectivity index (χ0v) is 5.83. The van der Waals surface area contributed by atoms with Crippen LogP contribution in [0.1, 0.15) is 10.4 Å². The third-order valence-corrected chi connectivity index (χ3v) is 2.38. The highest BCUT2D eigenvalue weighted by atomic mass is 32.1. The highest BCUT2D eigenvalue weighted by Gasteiger charge is 2.08. The van der Waals surface area contributed by atoms with Crippen molar-refractivity contribution < 1.29 is 4.74 Å². The van der Waals surface area contributed by atoms with Crippen LogP contribution in [0.2, 0.25) is 0 Å². The monoisotopic (exact) mass is 139 g/mol. The summed E-state index contributed by atoms with van der Waals surface area (Å²) >= 11 is 1.68. The second-order valence-corrected chi connectivity index (χ2v) is 3.05. The maximum absolute atomic E-state index is 5.24. The summed E-state index contributed by atoms with van der Waals surface area (Å²) in [5.41, 5.74) is 1.44. The Balaban J connectivity index is 2.39. The van der Waals surface area contributed by atoms with Gasteiger partial charge >= 0.3 is 0 Å². The molecular formula is C7H7OS. The summed E-state index contributed by atoms with van der Waals surface area (Å²) in [7, 11) is 0. The van der Waals surface area contributed by atoms with Gasteiger partial charge in [0.05, 0.1) is 13.2 Å². The van der Waals surface area contributed by atoms with Crippen LogP contribution in [-0.4, -0.2) is 6.61 Å². The number of hydrogen-bond donors (Lipinski definition) is 0. The van der Waals surface area contributed by atoms with E-state index in [4.69, 9.17) is 4.74 Å². The van der Waals surface area contributed by atoms with Crippen LogP contribution in [0.15, 0.2) is 6.07 Å². The van der Waals surface area contributed by atoms with E-state index >= 15 is 0 Å². The molecule has 1 aliphatic heterocycles. The topological polar surface area (TPSA) is 9.23 Å². The van der Waals surface area contributed by atoms with Gasteiger partial charge in [0, 0.05) is 10.3 Å². The molecule has 0 amide bonds. The van der Waals surface area contributed by atoms with Crippen LogP contribution in [0.4, 0.5) is 0 Å². The lowest BCUT2D eigenvalue weighted by Gasteiger charge is -2.10. The molecule has 0 fully saturated rings. The predicted molar refractivity (Wildman–Crippen MR) is 36.5 cm³/mol. The Morgan fingerprint density at radius 1 is 1.67 bits per heavy atom. The largest absolute Gasteiger partial charge is 0.376 e. The first kappa shape index (κ1) is 5.45. The first-order valence-electron chi connectivity index (χ1n) is 3.02. The molecule has 1 aromatic heterocycles. The average Bonchev–Trinajstić information content (AvgIpc) is 2.33. The van der Waals surface area contributed by atoms with Crippen LogP contribution in [0.25, 0.3) is 0 Å². The second kappa shape index (κ2) is 2.12. The van der Waals surface area contributed by atoms with E-state index in [9.17, 15) is 0 Å². The minimum Gasteiger partial charge on any atom is -0.376 e. The van der Waals surface area contributed by atoms with Gasteiger partial charge in [-0.15, -0.1) is 11.3 Å². The van der Waals surface area contributed by atoms with E-state index in [-0.39, 0.29) is 0 Å². The van der Waals surface area contributed by atoms with Gasteiger partial charge in [-0.05, 0) is 18.1 Å². The fourth-order valence-electron chi connectivity index (χ4n) is 0.999. The first-order chi connectivity index (χ1) is 4.47. The van der Waals surface area contributed by atoms with Crippen molar-refractivity contribution in [3.05, 3.63) is 21.9 Å². The van der Waals surface area contributed by atoms with Crippen molar-refractivity contribution in [2.24, 2.45) is 0 Å². The van der Waals surface area contributed by atoms with Gasteiger partial charge < -0.3 is 4.74 Å². The highest BCUT2D eigenvalue weighted by molar-refractivity contribution is 7.09. The molecule has 9 heavy (non-hydrogen) atoms. The van der Waals surface area contributed by atoms with Crippen molar-refractivity contribution in [3.63, 3.8) is 0 Å². The van der Waals surface area contributed by atoms with Crippen LogP contribution >= 0.6 is 11.3 Å². The molecule has 2 heteroatoms. The molecular weight excluding hydrogens is 132 g/mol. The van der Waals surface area contributed by atoms with Crippen LogP contribution in [0, 0.1) is 5.38 Å². The number of fused-ring (bicyclic) bond motifs is 1. The van der Waals surface area contributed by atoms with Gasteiger partial charge in [0.1, 0.15) is 0 Å². The van der Waals surface area contributed by atoms with E-state index in [2.05, 4.69) is 11.4 Å². The number of ether oxygens (including phenoxy) is 1. The van der Waals surface area contributed by atoms with E-state index in [1.54, 1.807) is 11.3 Å². The summed E-state index contributed by atoms with van der Waals surface area (Å²) in [6, 6.07) is 2.07. The van der Waals surface area contributed by atoms with Gasteiger partial charge in [0.15, 0.2) is 0 Å². The normalized spacial score (nSPS) is 17.3. The molecule has 2 rings (SSSR count). The van der Waals surface area contributed by atoms with Gasteiger partial charge in [-0.1, -0.05) is 0 Å². The number of hydrogen-bond acceptors (Lipinski definition) is 2. The molecule has 0 aliphatic carbocycles. The molecule has 1 nitrogen and oxygen atoms in total. The molecule has 0 spiro atoms. The van der Waals surface area contributed by atoms with Gasteiger partial charge in [0.2, 0.25) is 0 Å². The number of thiophene rings is 1. The lowest BCUT2D eigenvalue weighted by Crippen LogP contribution is -2.05. The van der Waals surface area contributed by atoms with E-state index < -0.39 is 0 Å². The Kier molecular flexibility index (Phi) is 1.28. The summed E-state index contributed by atoms with van der Waals surface area (Å²) in [5, 5.41) is 3.10. The van der Waals surface area contributed by atoms with Gasteiger partial charge in [0.25, 0.3) is 0 Å². The van der Waals surface area contributed by atoms with Crippen LogP contribution in [0.5, 0.6) is 0 Å². The zero-order valence-electron chi connectivity index (χ0n) is 5.02. The molecule has 0 unspecified atom stereocenters. The van der Waals surface area contributed by atoms with E-state index in [0.29, 0.717) is 0 Å². The average molecular weight is 139 g/mol. The van der Waals surface area contributed by atoms with Crippen molar-refractivity contribution in [1.82, 2.24) is 0 Å². The molecule has 0 N–H and O–H groups in total. The van der Waals surface area contributed by atoms with Crippen molar-refractivity contribution in [1.29, 1.82) is 0 Å². The Hall–Kier alpha value is -0.340. The SMILES string of the molecule is [c]1cc2c(s1)COCC2. The molecule has 1 aliphatic rings. The Bertz CT molecular complexity index is 184. The molecule has 0 saturated heterocycles. The summed E-state index contributed by atoms with van der Waals surface area (Å²) in [4.78, 5) is 1.36. The summed E-state index contributed by atoms with van der Waals surface area (Å²) in [6.45, 7) is 1.70. The van der Waals surface area contributed by atoms with Crippen molar-refractivity contribution in [2.45, 2.75) is 13.0 Å². The number of rotatable bonds is 0. The third-order valence-electron chi connectivity index (χ3n) is 1.52. The van der Waals surface area contributed by atoms with Crippen LogP contribution < -0.4 is 0 Å². The molecule has 2 heterocycles. The van der Waals surface area contributed by atoms with Crippen molar-refractivity contribution >= 4 is 11.3 Å². The first-order valence-corrected chi connectivity index (χ1v) is 3.84. The molecule has 1 aromatic rings. The molecule has 0 atom stereocenters. The van der Waals surface area contributed by atoms with Crippen molar-refractivity contribution in [3.8, 4) is 0 Å². The van der Waals surface area contributed by atoms with Crippen LogP contribution in [-0.2, 0) is 17.8 Å². The minimum absolute atomic E-state index is 0.809. The lowest BCUT2D eigenvalue weighted by molar-refractivity contribution is 0.113. The fourth-order valence-corrected chi connectivity index (χ4v) is 1.78. The summed E-state index contributed by atoms with van der Waals surface area (Å²) in [6.07, 6.45) is 1.08. The molecule has 0 bridgehead atoms. The summed E-state index contributed by atoms with van der Waals surface area (Å²) in [5.74, 6) is 0. The molecule has 47 valence electrons. The molecule has 1 radical (unpaired) electrons. The fraction of sp³-hybridized carbons (Fsp3) is 0.429. The predicted octanol–water partition coefficient (Wildman–Crippen LogP) is 1.62. The summed E-state index contributed by atoms with van der Waals surface area (Å²) < 4.78 is 5.24. The zero-order chi connectivity index (χ0) is 6.10. The second-order valence-electron chi connectivity index (χ2n) is 2.12. The van der Waals surface area contributed by atoms with Crippen molar-refractivity contribution in [2.75, 3.05) is 6.61 Å². The molecule has 0 saturated carbocycles. The van der Waals surface area contributed by atoms with Crippen LogP contribution in [0.3, 0.4) is 0 Å². The lowest BCUT2D eigenvalue weighted by atomic mass is 10.2. The van der Waals surface area contributed by atoms with E-state index in [1.165, 1.54) is 10.4 Å². The standard InChI is InChI=1S/C7H7OS/c1-3-8-5-7-6(1)2-4-9-7/h2H,1,3,5H2. The Morgan fingerprint density at radius 3 is 3.56 bits per heavy atom. The van der Waals surface area contributed by atoms with E-state index in [1.807, 2.05) is 0 Å². The highest BCUT2D eigenvalue weighted by Crippen LogP contribution is 2.21. The van der Waals surface area contributed by atoms with Gasteiger partial charge in [-0.2, -0.15) is 0 Å².